The molecule has 0 bridgehead atoms. The van der Waals surface area contributed by atoms with Gasteiger partial charge in [-0.05, 0) is 76.9 Å². The number of hydrogen-bond donors (Lipinski definition) is 0. The number of amides is 8. The number of imide groups is 4. The third-order valence-electron chi connectivity index (χ3n) is 30.8. The predicted octanol–water partition coefficient (Wildman–Crippen LogP) is 26.9. The second-order valence-corrected chi connectivity index (χ2v) is 71.8. The molecule has 8 amide bonds. The van der Waals surface area contributed by atoms with E-state index in [1.807, 2.05) is 54.6 Å². The minimum Gasteiger partial charge on any atom is 0 e. The van der Waals surface area contributed by atoms with Gasteiger partial charge in [-0.2, -0.15) is 0 Å². The van der Waals surface area contributed by atoms with Gasteiger partial charge in [0.15, 0.2) is 0 Å². The Balaban J connectivity index is 0.000000196. The average molecular weight is 2230 g/mol. The van der Waals surface area contributed by atoms with Crippen LogP contribution in [-0.4, -0.2) is 223 Å². The number of nitrogens with zero attached hydrogens (tertiary/aromatic N) is 4. The first kappa shape index (κ1) is 113. The fourth-order valence-corrected chi connectivity index (χ4v) is 59.2. The molecule has 0 aromatic heterocycles. The monoisotopic (exact) mass is 2230 g/mol. The SMILES string of the molecule is CCCC(CC)CCCCN1C(=O)c2ccc3c4ccc5c6c(ccc(c7c(Br)cc(c2c37)C1=O)c64)C(=O)N(CCCC(C)C)C5=O.CCC[CH2][Sn]([CH2]CCC)[CH2]CCC.CCC[CH2][Sn]([CH2]CCC)[CH2]CCC.CCC[CH2][Sn]1([CH2]CCC)[c]2cc3c4c(ccc5c6ccc7c8c(c[c]1c(c2c45)c86)C(=O)N(CCCC(C)C)C7=O)C(=O)N(CCCCC(CC)CCC)C3=O.[B]B([B])B(B([B])[B])B([B])[B]. The Morgan fingerprint density at radius 1 is 0.283 bits per heavy atom. The van der Waals surface area contributed by atoms with E-state index in [4.69, 9.17) is 46.4 Å². The number of halogens is 1. The van der Waals surface area contributed by atoms with Gasteiger partial charge >= 0.3 is 510 Å². The molecule has 5 aliphatic rings. The number of carbonyl (C=O) groups is 8. The van der Waals surface area contributed by atoms with Crippen LogP contribution in [0.4, 0.5) is 0 Å². The Hall–Kier alpha value is -5.11. The van der Waals surface area contributed by atoms with Gasteiger partial charge in [-0.15, -0.1) is 0 Å². The van der Waals surface area contributed by atoms with Gasteiger partial charge in [0.1, 0.15) is 0 Å². The largest absolute Gasteiger partial charge is 0 e. The standard InChI is InChI=1S/C40H41BrN2O4.C40H40N2O4.8C4H9.B10.3Sn/c1-5-10-23(6-2)12-7-8-19-42-39(46)29-17-14-25-24-13-16-27-33-28(38(45)43(37(27)44)20-9-11-22(3)4)18-15-26(32(24)33)35-31(41)21-30(40(42)47)34(29)36(25)35;1-5-10-24(6-2)12-7-8-21-41-37(43)29-17-13-25-27-15-19-31-36-32(40(46)42(39(31)45)22-9-11-23(3)4)20-16-28(34(27)36)26-14-18-30(38(41)44)35(29)33(25)26;8*1-3-4-2;1-7(2)10(8(3)4)9(5)6;;;/h13-18,21-23H,5-12,19-20H2,1-4H3;13,15,17-20,23-24H,5-12,21-22H2,1-4H3;8*1,3-4H2,2H3;;;;. The first-order chi connectivity index (χ1) is 66.5. The molecule has 138 heavy (non-hydrogen) atoms. The van der Waals surface area contributed by atoms with Crippen LogP contribution >= 0.6 is 15.9 Å². The zero-order chi connectivity index (χ0) is 100. The third-order valence-corrected chi connectivity index (χ3v) is 64.6. The van der Waals surface area contributed by atoms with E-state index in [1.54, 1.807) is 31.5 Å². The van der Waals surface area contributed by atoms with Gasteiger partial charge < -0.3 is 0 Å². The number of carbonyl (C=O) groups excluding carboxylic acids is 8. The van der Waals surface area contributed by atoms with Gasteiger partial charge in [0, 0.05) is 133 Å². The molecule has 718 valence electrons. The van der Waals surface area contributed by atoms with Crippen LogP contribution in [0.1, 0.15) is 399 Å². The van der Waals surface area contributed by atoms with Crippen molar-refractivity contribution in [1.82, 2.24) is 19.6 Å². The molecule has 5 aliphatic heterocycles. The summed E-state index contributed by atoms with van der Waals surface area (Å²) >= 11 is -1.52. The minimum absolute atomic E-state index is 0.150. The maximum absolute atomic E-state index is 14.8. The van der Waals surface area contributed by atoms with Crippen LogP contribution in [0.3, 0.4) is 0 Å². The van der Waals surface area contributed by atoms with Crippen molar-refractivity contribution in [2.75, 3.05) is 26.2 Å². The average Bonchev–Trinajstić information content (AvgIpc) is 1.47. The molecular formula is C112H153B10BrN4O8Sn3. The van der Waals surface area contributed by atoms with Gasteiger partial charge in [-0.1, -0.05) is 101 Å². The van der Waals surface area contributed by atoms with Crippen LogP contribution in [0.5, 0.6) is 0 Å². The predicted molar refractivity (Wildman–Crippen MR) is 609 cm³/mol. The number of fused-ring (bicyclic) bond motifs is 3. The van der Waals surface area contributed by atoms with Crippen LogP contribution in [0, 0.1) is 23.7 Å². The summed E-state index contributed by atoms with van der Waals surface area (Å²) in [5.74, 6) is 0.694. The molecule has 0 fully saturated rings. The molecule has 14 radical (unpaired) electrons. The van der Waals surface area contributed by atoms with Crippen LogP contribution in [0.25, 0.3) is 86.2 Å². The zero-order valence-electron chi connectivity index (χ0n) is 87.1. The molecule has 15 rings (SSSR count). The van der Waals surface area contributed by atoms with E-state index in [2.05, 4.69) is 151 Å². The van der Waals surface area contributed by atoms with E-state index >= 15 is 0 Å². The van der Waals surface area contributed by atoms with E-state index in [9.17, 15) is 38.4 Å². The van der Waals surface area contributed by atoms with Crippen molar-refractivity contribution in [3.8, 4) is 0 Å². The molecule has 5 heterocycles. The molecule has 2 atom stereocenters. The van der Waals surface area contributed by atoms with Crippen molar-refractivity contribution in [3.63, 3.8) is 0 Å². The van der Waals surface area contributed by atoms with Crippen molar-refractivity contribution in [3.05, 3.63) is 128 Å². The zero-order valence-corrected chi connectivity index (χ0v) is 97.3. The van der Waals surface area contributed by atoms with E-state index < -0.39 is 83.4 Å². The first-order valence-corrected chi connectivity index (χ1v) is 74.1. The van der Waals surface area contributed by atoms with E-state index in [0.717, 1.165) is 174 Å². The summed E-state index contributed by atoms with van der Waals surface area (Å²) in [7, 11) is 31.8. The van der Waals surface area contributed by atoms with Crippen molar-refractivity contribution in [2.45, 2.75) is 352 Å². The summed E-state index contributed by atoms with van der Waals surface area (Å²) in [5, 5.41) is 14.8. The van der Waals surface area contributed by atoms with Crippen LogP contribution in [-0.2, 0) is 0 Å². The quantitative estimate of drug-likeness (QED) is 0.0120. The molecule has 0 saturated carbocycles. The van der Waals surface area contributed by atoms with Crippen molar-refractivity contribution >= 4 is 286 Å². The molecule has 10 aromatic rings. The van der Waals surface area contributed by atoms with Gasteiger partial charge in [0.25, 0.3) is 23.6 Å². The first-order valence-electron chi connectivity index (χ1n) is 54.3. The van der Waals surface area contributed by atoms with E-state index in [0.29, 0.717) is 105 Å². The second kappa shape index (κ2) is 53.8. The van der Waals surface area contributed by atoms with E-state index in [1.165, 1.54) is 142 Å². The number of rotatable bonds is 51. The molecule has 0 saturated heterocycles. The summed E-state index contributed by atoms with van der Waals surface area (Å²) in [6.45, 7) is 37.8. The summed E-state index contributed by atoms with van der Waals surface area (Å²) in [4.78, 5) is 119. The maximum Gasteiger partial charge on any atom is 0 e. The Morgan fingerprint density at radius 2 is 0.551 bits per heavy atom. The number of benzene rings is 10. The number of hydrogen-bond acceptors (Lipinski definition) is 8. The summed E-state index contributed by atoms with van der Waals surface area (Å²) in [5.41, 5.74) is 4.76. The van der Waals surface area contributed by atoms with E-state index in [-0.39, 0.29) is 47.3 Å². The maximum atomic E-state index is 14.8. The molecule has 10 aromatic carbocycles. The Kier molecular flexibility index (Phi) is 44.2. The summed E-state index contributed by atoms with van der Waals surface area (Å²) in [6, 6.07) is 25.8. The Morgan fingerprint density at radius 3 is 0.826 bits per heavy atom. The van der Waals surface area contributed by atoms with Gasteiger partial charge in [-0.25, -0.2) is 0 Å². The molecule has 0 N–H and O–H groups in total. The van der Waals surface area contributed by atoms with Crippen molar-refractivity contribution < 1.29 is 38.4 Å². The number of unbranched alkanes of at least 4 members (excludes halogenated alkanes) is 10. The fourth-order valence-electron chi connectivity index (χ4n) is 23.0. The molecule has 12 nitrogen and oxygen atoms in total. The fraction of sp³-hybridized carbons (Fsp3) is 0.571. The summed E-state index contributed by atoms with van der Waals surface area (Å²) < 4.78 is 15.8. The van der Waals surface area contributed by atoms with Crippen LogP contribution < -0.4 is 7.16 Å². The molecular weight excluding hydrogens is 2070 g/mol. The molecule has 2 unspecified atom stereocenters. The molecule has 26 heteroatoms. The Bertz CT molecular complexity index is 5790. The van der Waals surface area contributed by atoms with Gasteiger partial charge in [-0.3, -0.25) is 29.0 Å². The normalized spacial score (nSPS) is 14.6. The molecule has 0 aliphatic carbocycles. The Labute approximate surface area is 865 Å². The van der Waals surface area contributed by atoms with Crippen molar-refractivity contribution in [2.24, 2.45) is 23.7 Å². The third kappa shape index (κ3) is 24.9. The van der Waals surface area contributed by atoms with Crippen LogP contribution in [0.15, 0.2) is 83.3 Å². The summed E-state index contributed by atoms with van der Waals surface area (Å²) in [6.07, 6.45) is 36.1. The second-order valence-electron chi connectivity index (χ2n) is 41.7. The minimum atomic E-state index is -3.65. The van der Waals surface area contributed by atoms with Crippen LogP contribution in [0.2, 0.25) is 35.5 Å². The van der Waals surface area contributed by atoms with Gasteiger partial charge in [0.05, 0.1) is 0 Å². The smallest absolute Gasteiger partial charge is 0 e. The molecule has 0 spiro atoms. The van der Waals surface area contributed by atoms with Crippen molar-refractivity contribution in [1.29, 1.82) is 0 Å². The van der Waals surface area contributed by atoms with Gasteiger partial charge in [0.2, 0.25) is 0 Å². The topological polar surface area (TPSA) is 150 Å².